The van der Waals surface area contributed by atoms with Gasteiger partial charge in [-0.15, -0.1) is 0 Å². The number of rotatable bonds is 3. The third-order valence-electron chi connectivity index (χ3n) is 3.79. The highest BCUT2D eigenvalue weighted by Crippen LogP contribution is 2.73. The highest BCUT2D eigenvalue weighted by Gasteiger charge is 2.56. The van der Waals surface area contributed by atoms with Crippen LogP contribution in [0.3, 0.4) is 0 Å². The van der Waals surface area contributed by atoms with Gasteiger partial charge in [-0.25, -0.2) is 0 Å². The molecule has 4 N–H and O–H groups in total. The molecule has 0 aliphatic carbocycles. The van der Waals surface area contributed by atoms with E-state index in [1.165, 1.54) is 0 Å². The van der Waals surface area contributed by atoms with Gasteiger partial charge >= 0.3 is 0 Å². The van der Waals surface area contributed by atoms with Crippen molar-refractivity contribution in [1.29, 1.82) is 0 Å². The maximum absolute atomic E-state index is 12.3. The van der Waals surface area contributed by atoms with Crippen LogP contribution in [0.1, 0.15) is 12.8 Å². The van der Waals surface area contributed by atoms with Crippen LogP contribution in [-0.2, 0) is 13.7 Å². The van der Waals surface area contributed by atoms with Crippen LogP contribution in [0.5, 0.6) is 0 Å². The standard InChI is InChI=1S/C12H28N4O4P2/c17-21(18)11-22(19)12(20-22)16-9-2-5-14-7-6-13-3-1-4-15-8-10-16/h12-15,21H,1-11H2,(H,17,18). The van der Waals surface area contributed by atoms with E-state index < -0.39 is 21.4 Å². The zero-order valence-electron chi connectivity index (χ0n) is 12.9. The second-order valence-corrected chi connectivity index (χ2v) is 9.86. The molecule has 3 unspecified atom stereocenters. The molecule has 130 valence electrons. The third-order valence-corrected chi connectivity index (χ3v) is 8.09. The Morgan fingerprint density at radius 3 is 2.36 bits per heavy atom. The summed E-state index contributed by atoms with van der Waals surface area (Å²) >= 11 is 0. The predicted octanol–water partition coefficient (Wildman–Crippen LogP) is -0.133. The second-order valence-electron chi connectivity index (χ2n) is 5.70. The van der Waals surface area contributed by atoms with E-state index >= 15 is 0 Å². The van der Waals surface area contributed by atoms with Gasteiger partial charge in [0.25, 0.3) is 7.37 Å². The Morgan fingerprint density at radius 1 is 1.05 bits per heavy atom. The van der Waals surface area contributed by atoms with E-state index in [0.29, 0.717) is 0 Å². The molecule has 8 nitrogen and oxygen atoms in total. The lowest BCUT2D eigenvalue weighted by Gasteiger charge is -2.20. The maximum atomic E-state index is 12.3. The minimum absolute atomic E-state index is 0.184. The quantitative estimate of drug-likeness (QED) is 0.410. The van der Waals surface area contributed by atoms with Crippen molar-refractivity contribution in [3.05, 3.63) is 0 Å². The fourth-order valence-corrected chi connectivity index (χ4v) is 6.48. The molecule has 2 heterocycles. The summed E-state index contributed by atoms with van der Waals surface area (Å²) in [5.74, 6) is -0.638. The lowest BCUT2D eigenvalue weighted by atomic mass is 10.3. The van der Waals surface area contributed by atoms with Crippen LogP contribution in [0.15, 0.2) is 0 Å². The van der Waals surface area contributed by atoms with Crippen LogP contribution in [0.2, 0.25) is 0 Å². The Kier molecular flexibility index (Phi) is 8.01. The van der Waals surface area contributed by atoms with E-state index in [0.717, 1.165) is 65.2 Å². The van der Waals surface area contributed by atoms with Gasteiger partial charge in [0, 0.05) is 32.7 Å². The molecule has 0 saturated carbocycles. The van der Waals surface area contributed by atoms with E-state index in [1.807, 2.05) is 4.90 Å². The predicted molar refractivity (Wildman–Crippen MR) is 88.0 cm³/mol. The zero-order chi connectivity index (χ0) is 15.8. The minimum atomic E-state index is -2.89. The Balaban J connectivity index is 1.81. The van der Waals surface area contributed by atoms with E-state index in [2.05, 4.69) is 16.0 Å². The molecule has 0 spiro atoms. The Morgan fingerprint density at radius 2 is 1.68 bits per heavy atom. The summed E-state index contributed by atoms with van der Waals surface area (Å²) in [4.78, 5) is 11.0. The Hall–Kier alpha value is 0.220. The summed E-state index contributed by atoms with van der Waals surface area (Å²) < 4.78 is 28.6. The monoisotopic (exact) mass is 354 g/mol. The van der Waals surface area contributed by atoms with Crippen molar-refractivity contribution < 1.29 is 18.5 Å². The summed E-state index contributed by atoms with van der Waals surface area (Å²) in [7, 11) is -5.64. The zero-order valence-corrected chi connectivity index (χ0v) is 14.8. The molecule has 2 fully saturated rings. The summed E-state index contributed by atoms with van der Waals surface area (Å²) in [5, 5.41) is 10.1. The van der Waals surface area contributed by atoms with Crippen molar-refractivity contribution in [2.75, 3.05) is 58.3 Å². The van der Waals surface area contributed by atoms with Gasteiger partial charge in [0.1, 0.15) is 5.90 Å². The molecular weight excluding hydrogens is 326 g/mol. The van der Waals surface area contributed by atoms with Gasteiger partial charge in [0.05, 0.1) is 0 Å². The molecule has 0 aromatic heterocycles. The van der Waals surface area contributed by atoms with Crippen molar-refractivity contribution in [2.24, 2.45) is 0 Å². The average molecular weight is 354 g/mol. The van der Waals surface area contributed by atoms with Gasteiger partial charge < -0.3 is 20.8 Å². The molecule has 10 heteroatoms. The van der Waals surface area contributed by atoms with Crippen molar-refractivity contribution in [3.63, 3.8) is 0 Å². The first-order valence-corrected chi connectivity index (χ1v) is 11.4. The van der Waals surface area contributed by atoms with Crippen molar-refractivity contribution in [2.45, 2.75) is 18.8 Å². The third kappa shape index (κ3) is 6.38. The molecule has 0 bridgehead atoms. The first-order valence-electron chi connectivity index (χ1n) is 7.97. The molecule has 3 atom stereocenters. The van der Waals surface area contributed by atoms with Gasteiger partial charge in [-0.05, 0) is 32.5 Å². The molecule has 0 radical (unpaired) electrons. The van der Waals surface area contributed by atoms with E-state index in [1.54, 1.807) is 0 Å². The first-order chi connectivity index (χ1) is 10.6. The van der Waals surface area contributed by atoms with Crippen LogP contribution in [0.4, 0.5) is 0 Å². The fraction of sp³-hybridized carbons (Fsp3) is 1.00. The van der Waals surface area contributed by atoms with Crippen LogP contribution in [0, 0.1) is 0 Å². The molecule has 2 saturated heterocycles. The molecule has 2 aliphatic rings. The molecule has 22 heavy (non-hydrogen) atoms. The van der Waals surface area contributed by atoms with Gasteiger partial charge in [0.2, 0.25) is 0 Å². The lowest BCUT2D eigenvalue weighted by molar-refractivity contribution is 0.174. The van der Waals surface area contributed by atoms with Crippen molar-refractivity contribution in [1.82, 2.24) is 20.9 Å². The van der Waals surface area contributed by atoms with Gasteiger partial charge in [-0.1, -0.05) is 0 Å². The number of hydrogen-bond acceptors (Lipinski definition) is 7. The van der Waals surface area contributed by atoms with Gasteiger partial charge in [0.15, 0.2) is 14.0 Å². The van der Waals surface area contributed by atoms with E-state index in [-0.39, 0.29) is 5.90 Å². The maximum Gasteiger partial charge on any atom is 0.257 e. The number of nitrogens with one attached hydrogen (secondary N) is 3. The van der Waals surface area contributed by atoms with E-state index in [9.17, 15) is 9.13 Å². The Labute approximate surface area is 132 Å². The smallest absolute Gasteiger partial charge is 0.257 e. The summed E-state index contributed by atoms with van der Waals surface area (Å²) in [6.45, 7) is 7.10. The second kappa shape index (κ2) is 9.50. The van der Waals surface area contributed by atoms with Crippen LogP contribution in [-0.4, -0.2) is 74.0 Å². The molecule has 0 aromatic carbocycles. The highest BCUT2D eigenvalue weighted by molar-refractivity contribution is 7.73. The van der Waals surface area contributed by atoms with Crippen LogP contribution in [0.25, 0.3) is 0 Å². The van der Waals surface area contributed by atoms with Gasteiger partial charge in [-0.3, -0.25) is 18.6 Å². The number of hydrogen-bond donors (Lipinski definition) is 4. The van der Waals surface area contributed by atoms with Crippen molar-refractivity contribution >= 4 is 15.4 Å². The fourth-order valence-electron chi connectivity index (χ4n) is 2.60. The molecule has 0 aromatic rings. The first kappa shape index (κ1) is 18.6. The van der Waals surface area contributed by atoms with E-state index in [4.69, 9.17) is 9.42 Å². The minimum Gasteiger partial charge on any atom is -0.346 e. The van der Waals surface area contributed by atoms with Gasteiger partial charge in [-0.2, -0.15) is 0 Å². The summed E-state index contributed by atoms with van der Waals surface area (Å²) in [6.07, 6.45) is 2.01. The molecule has 2 rings (SSSR count). The average Bonchev–Trinajstić information content (AvgIpc) is 3.11. The van der Waals surface area contributed by atoms with Crippen LogP contribution >= 0.6 is 15.4 Å². The largest absolute Gasteiger partial charge is 0.346 e. The molecule has 2 aliphatic heterocycles. The normalized spacial score (nSPS) is 34.7. The topological polar surface area (TPSA) is 106 Å². The summed E-state index contributed by atoms with van der Waals surface area (Å²) in [5.41, 5.74) is 0. The highest BCUT2D eigenvalue weighted by atomic mass is 31.2. The SMILES string of the molecule is O=[PH](O)CP1(=O)OC1N1CCCNCCNCCCNCC1. The number of nitrogens with zero attached hydrogens (tertiary/aromatic N) is 1. The lowest BCUT2D eigenvalue weighted by Crippen LogP contribution is -2.38. The Bertz CT molecular complexity index is 399. The molecule has 0 amide bonds. The van der Waals surface area contributed by atoms with Crippen molar-refractivity contribution in [3.8, 4) is 0 Å². The summed E-state index contributed by atoms with van der Waals surface area (Å²) in [6, 6.07) is 0. The molecular formula is C12H28N4O4P2. The van der Waals surface area contributed by atoms with Crippen LogP contribution < -0.4 is 16.0 Å².